The molecule has 1 aliphatic rings. The number of carbonyl (C=O) groups excluding carboxylic acids is 1. The van der Waals surface area contributed by atoms with E-state index in [4.69, 9.17) is 0 Å². The van der Waals surface area contributed by atoms with E-state index in [1.807, 2.05) is 36.4 Å². The fourth-order valence-electron chi connectivity index (χ4n) is 3.20. The van der Waals surface area contributed by atoms with Gasteiger partial charge in [0.15, 0.2) is 5.78 Å². The molecule has 0 saturated carbocycles. The Morgan fingerprint density at radius 3 is 2.36 bits per heavy atom. The maximum Gasteiger partial charge on any atom is 0.167 e. The maximum atomic E-state index is 12.5. The van der Waals surface area contributed by atoms with Crippen molar-refractivity contribution in [1.29, 1.82) is 0 Å². The number of fused-ring (bicyclic) bond motifs is 3. The van der Waals surface area contributed by atoms with Gasteiger partial charge in [-0.2, -0.15) is 0 Å². The Labute approximate surface area is 130 Å². The molecule has 0 heterocycles. The number of Topliss-reactive ketones (excluding diaryl/α,β-unsaturated/α-hetero) is 1. The van der Waals surface area contributed by atoms with Crippen LogP contribution in [-0.2, 0) is 12.8 Å². The molecule has 0 amide bonds. The van der Waals surface area contributed by atoms with Gasteiger partial charge in [-0.25, -0.2) is 0 Å². The fourth-order valence-corrected chi connectivity index (χ4v) is 3.20. The van der Waals surface area contributed by atoms with Gasteiger partial charge in [-0.3, -0.25) is 4.79 Å². The summed E-state index contributed by atoms with van der Waals surface area (Å²) in [7, 11) is 0. The first kappa shape index (κ1) is 13.0. The SMILES string of the molecule is O=C(Cc1ccccc1)c1ccc2c(c1)Cc1ccccc1-2. The second kappa shape index (κ2) is 5.27. The number of hydrogen-bond donors (Lipinski definition) is 0. The highest BCUT2D eigenvalue weighted by Crippen LogP contribution is 2.36. The summed E-state index contributed by atoms with van der Waals surface area (Å²) in [6.07, 6.45) is 1.39. The van der Waals surface area contributed by atoms with Gasteiger partial charge in [-0.1, -0.05) is 66.7 Å². The summed E-state index contributed by atoms with van der Waals surface area (Å²) in [6.45, 7) is 0. The quantitative estimate of drug-likeness (QED) is 0.499. The first-order valence-corrected chi connectivity index (χ1v) is 7.59. The van der Waals surface area contributed by atoms with Gasteiger partial charge >= 0.3 is 0 Å². The van der Waals surface area contributed by atoms with Crippen LogP contribution in [0.4, 0.5) is 0 Å². The van der Waals surface area contributed by atoms with Gasteiger partial charge < -0.3 is 0 Å². The van der Waals surface area contributed by atoms with Crippen LogP contribution in [0, 0.1) is 0 Å². The molecule has 4 rings (SSSR count). The largest absolute Gasteiger partial charge is 0.294 e. The summed E-state index contributed by atoms with van der Waals surface area (Å²) in [5, 5.41) is 0. The van der Waals surface area contributed by atoms with Crippen LogP contribution in [-0.4, -0.2) is 5.78 Å². The Bertz CT molecular complexity index is 847. The van der Waals surface area contributed by atoms with E-state index >= 15 is 0 Å². The highest BCUT2D eigenvalue weighted by Gasteiger charge is 2.19. The maximum absolute atomic E-state index is 12.5. The molecule has 1 nitrogen and oxygen atoms in total. The molecule has 0 spiro atoms. The topological polar surface area (TPSA) is 17.1 Å². The number of carbonyl (C=O) groups is 1. The van der Waals surface area contributed by atoms with E-state index in [0.717, 1.165) is 17.5 Å². The molecule has 22 heavy (non-hydrogen) atoms. The third kappa shape index (κ3) is 2.25. The summed E-state index contributed by atoms with van der Waals surface area (Å²) in [5.41, 5.74) is 7.07. The normalized spacial score (nSPS) is 11.8. The third-order valence-electron chi connectivity index (χ3n) is 4.32. The summed E-state index contributed by atoms with van der Waals surface area (Å²) >= 11 is 0. The van der Waals surface area contributed by atoms with Crippen LogP contribution in [0.1, 0.15) is 27.0 Å². The molecule has 0 bridgehead atoms. The van der Waals surface area contributed by atoms with E-state index in [2.05, 4.69) is 36.4 Å². The van der Waals surface area contributed by atoms with Crippen LogP contribution >= 0.6 is 0 Å². The monoisotopic (exact) mass is 284 g/mol. The van der Waals surface area contributed by atoms with E-state index < -0.39 is 0 Å². The zero-order valence-corrected chi connectivity index (χ0v) is 12.3. The number of ketones is 1. The van der Waals surface area contributed by atoms with Crippen LogP contribution in [0.2, 0.25) is 0 Å². The van der Waals surface area contributed by atoms with Crippen molar-refractivity contribution >= 4 is 5.78 Å². The predicted octanol–water partition coefficient (Wildman–Crippen LogP) is 4.68. The van der Waals surface area contributed by atoms with Gasteiger partial charge in [0, 0.05) is 12.0 Å². The van der Waals surface area contributed by atoms with Gasteiger partial charge in [0.25, 0.3) is 0 Å². The molecule has 0 atom stereocenters. The highest BCUT2D eigenvalue weighted by atomic mass is 16.1. The highest BCUT2D eigenvalue weighted by molar-refractivity contribution is 5.98. The minimum atomic E-state index is 0.185. The fraction of sp³-hybridized carbons (Fsp3) is 0.0952. The molecule has 3 aromatic carbocycles. The van der Waals surface area contributed by atoms with E-state index in [-0.39, 0.29) is 5.78 Å². The van der Waals surface area contributed by atoms with Crippen molar-refractivity contribution < 1.29 is 4.79 Å². The lowest BCUT2D eigenvalue weighted by Gasteiger charge is -2.05. The number of benzene rings is 3. The van der Waals surface area contributed by atoms with Crippen LogP contribution in [0.25, 0.3) is 11.1 Å². The Hall–Kier alpha value is -2.67. The minimum absolute atomic E-state index is 0.185. The molecule has 1 aliphatic carbocycles. The summed E-state index contributed by atoms with van der Waals surface area (Å²) in [4.78, 5) is 12.5. The summed E-state index contributed by atoms with van der Waals surface area (Å²) in [6, 6.07) is 24.5. The Morgan fingerprint density at radius 1 is 0.773 bits per heavy atom. The van der Waals surface area contributed by atoms with Crippen LogP contribution in [0.15, 0.2) is 72.8 Å². The lowest BCUT2D eigenvalue weighted by atomic mass is 9.98. The molecule has 0 radical (unpaired) electrons. The number of rotatable bonds is 3. The first-order valence-electron chi connectivity index (χ1n) is 7.59. The predicted molar refractivity (Wildman–Crippen MR) is 89.2 cm³/mol. The second-order valence-corrected chi connectivity index (χ2v) is 5.79. The Morgan fingerprint density at radius 2 is 1.50 bits per heavy atom. The van der Waals surface area contributed by atoms with Crippen molar-refractivity contribution in [3.05, 3.63) is 95.1 Å². The van der Waals surface area contributed by atoms with E-state index in [0.29, 0.717) is 6.42 Å². The van der Waals surface area contributed by atoms with E-state index in [1.165, 1.54) is 22.3 Å². The molecule has 0 saturated heterocycles. The molecular weight excluding hydrogens is 268 g/mol. The standard InChI is InChI=1S/C21H16O/c22-21(12-15-6-2-1-3-7-15)17-10-11-20-18(14-17)13-16-8-4-5-9-19(16)20/h1-11,14H,12-13H2. The van der Waals surface area contributed by atoms with Crippen LogP contribution in [0.5, 0.6) is 0 Å². The molecule has 1 heteroatoms. The Balaban J connectivity index is 1.63. The van der Waals surface area contributed by atoms with Gasteiger partial charge in [0.1, 0.15) is 0 Å². The van der Waals surface area contributed by atoms with Gasteiger partial charge in [-0.05, 0) is 40.3 Å². The van der Waals surface area contributed by atoms with Gasteiger partial charge in [0.05, 0.1) is 0 Å². The molecule has 0 unspecified atom stereocenters. The van der Waals surface area contributed by atoms with Crippen molar-refractivity contribution in [2.45, 2.75) is 12.8 Å². The van der Waals surface area contributed by atoms with Gasteiger partial charge in [-0.15, -0.1) is 0 Å². The molecule has 0 fully saturated rings. The lowest BCUT2D eigenvalue weighted by molar-refractivity contribution is 0.0993. The van der Waals surface area contributed by atoms with Crippen LogP contribution in [0.3, 0.4) is 0 Å². The average molecular weight is 284 g/mol. The molecule has 3 aromatic rings. The zero-order valence-electron chi connectivity index (χ0n) is 12.3. The van der Waals surface area contributed by atoms with E-state index in [1.54, 1.807) is 0 Å². The zero-order chi connectivity index (χ0) is 14.9. The third-order valence-corrected chi connectivity index (χ3v) is 4.32. The molecule has 0 aromatic heterocycles. The Kier molecular flexibility index (Phi) is 3.12. The first-order chi connectivity index (χ1) is 10.8. The van der Waals surface area contributed by atoms with Crippen molar-refractivity contribution in [3.8, 4) is 11.1 Å². The van der Waals surface area contributed by atoms with Crippen molar-refractivity contribution in [3.63, 3.8) is 0 Å². The van der Waals surface area contributed by atoms with E-state index in [9.17, 15) is 4.79 Å². The minimum Gasteiger partial charge on any atom is -0.294 e. The van der Waals surface area contributed by atoms with Crippen LogP contribution < -0.4 is 0 Å². The smallest absolute Gasteiger partial charge is 0.167 e. The second-order valence-electron chi connectivity index (χ2n) is 5.79. The molecular formula is C21H16O. The van der Waals surface area contributed by atoms with Crippen molar-refractivity contribution in [2.24, 2.45) is 0 Å². The number of hydrogen-bond acceptors (Lipinski definition) is 1. The van der Waals surface area contributed by atoms with Crippen molar-refractivity contribution in [2.75, 3.05) is 0 Å². The summed E-state index contributed by atoms with van der Waals surface area (Å²) in [5.74, 6) is 0.185. The average Bonchev–Trinajstić information content (AvgIpc) is 2.93. The van der Waals surface area contributed by atoms with Gasteiger partial charge in [0.2, 0.25) is 0 Å². The molecule has 0 N–H and O–H groups in total. The molecule has 0 aliphatic heterocycles. The lowest BCUT2D eigenvalue weighted by Crippen LogP contribution is -2.04. The molecule has 106 valence electrons. The van der Waals surface area contributed by atoms with Crippen molar-refractivity contribution in [1.82, 2.24) is 0 Å². The summed E-state index contributed by atoms with van der Waals surface area (Å²) < 4.78 is 0.